The zero-order chi connectivity index (χ0) is 18.8. The van der Waals surface area contributed by atoms with E-state index in [-0.39, 0.29) is 11.3 Å². The Morgan fingerprint density at radius 3 is 2.72 bits per heavy atom. The molecule has 0 spiro atoms. The van der Waals surface area contributed by atoms with Gasteiger partial charge in [-0.25, -0.2) is 9.53 Å². The standard InChI is InChI=1S/C16H19N3O5S/c1-16(2,3)19(23)7-11-10-5-4-9(6-13(10)24-18-11)14(20)17-12(8-25)15(21)22/h4-7,12,25H,8H2,1-3H3,(H,17,20)(H,21,22)/b19-7+. The minimum absolute atomic E-state index is 0.0309. The summed E-state index contributed by atoms with van der Waals surface area (Å²) in [5, 5.41) is 27.8. The number of nitrogens with zero attached hydrogens (tertiary/aromatic N) is 2. The number of thiol groups is 1. The van der Waals surface area contributed by atoms with Gasteiger partial charge in [0.1, 0.15) is 6.04 Å². The topological polar surface area (TPSA) is 119 Å². The first kappa shape index (κ1) is 18.8. The van der Waals surface area contributed by atoms with Gasteiger partial charge in [-0.2, -0.15) is 12.6 Å². The van der Waals surface area contributed by atoms with E-state index in [1.54, 1.807) is 26.8 Å². The number of nitrogens with one attached hydrogen (secondary N) is 1. The maximum Gasteiger partial charge on any atom is 0.327 e. The summed E-state index contributed by atoms with van der Waals surface area (Å²) in [6.45, 7) is 5.30. The van der Waals surface area contributed by atoms with Gasteiger partial charge in [0.05, 0.1) is 5.39 Å². The van der Waals surface area contributed by atoms with Crippen LogP contribution in [0.25, 0.3) is 11.0 Å². The van der Waals surface area contributed by atoms with Gasteiger partial charge in [-0.15, -0.1) is 0 Å². The Balaban J connectivity index is 2.30. The molecule has 2 aromatic rings. The number of aromatic nitrogens is 1. The molecule has 1 amide bonds. The van der Waals surface area contributed by atoms with E-state index >= 15 is 0 Å². The van der Waals surface area contributed by atoms with Gasteiger partial charge >= 0.3 is 5.97 Å². The zero-order valence-electron chi connectivity index (χ0n) is 14.0. The van der Waals surface area contributed by atoms with Crippen LogP contribution in [0.1, 0.15) is 36.8 Å². The average molecular weight is 365 g/mol. The van der Waals surface area contributed by atoms with E-state index in [2.05, 4.69) is 23.1 Å². The highest BCUT2D eigenvalue weighted by Gasteiger charge is 2.22. The summed E-state index contributed by atoms with van der Waals surface area (Å²) >= 11 is 3.90. The maximum absolute atomic E-state index is 12.1. The molecule has 9 heteroatoms. The zero-order valence-corrected chi connectivity index (χ0v) is 14.9. The van der Waals surface area contributed by atoms with Crippen LogP contribution in [0.15, 0.2) is 22.7 Å². The van der Waals surface area contributed by atoms with E-state index < -0.39 is 23.5 Å². The molecule has 0 fully saturated rings. The molecule has 8 nitrogen and oxygen atoms in total. The van der Waals surface area contributed by atoms with Crippen molar-refractivity contribution in [1.29, 1.82) is 0 Å². The number of fused-ring (bicyclic) bond motifs is 1. The average Bonchev–Trinajstić information content (AvgIpc) is 2.93. The molecule has 1 atom stereocenters. The molecule has 0 saturated heterocycles. The molecule has 0 aliphatic heterocycles. The number of amides is 1. The molecule has 0 bridgehead atoms. The molecule has 1 heterocycles. The quantitative estimate of drug-likeness (QED) is 0.244. The lowest BCUT2D eigenvalue weighted by molar-refractivity contribution is -0.530. The molecule has 1 unspecified atom stereocenters. The van der Waals surface area contributed by atoms with Gasteiger partial charge in [0.2, 0.25) is 6.21 Å². The van der Waals surface area contributed by atoms with Gasteiger partial charge in [-0.3, -0.25) is 4.79 Å². The van der Waals surface area contributed by atoms with Gasteiger partial charge in [0, 0.05) is 32.1 Å². The lowest BCUT2D eigenvalue weighted by Gasteiger charge is -2.17. The van der Waals surface area contributed by atoms with Crippen molar-refractivity contribution in [2.45, 2.75) is 32.4 Å². The molecule has 25 heavy (non-hydrogen) atoms. The van der Waals surface area contributed by atoms with Crippen molar-refractivity contribution >= 4 is 41.7 Å². The number of hydrogen-bond donors (Lipinski definition) is 3. The van der Waals surface area contributed by atoms with E-state index in [4.69, 9.17) is 9.63 Å². The van der Waals surface area contributed by atoms with E-state index in [1.807, 2.05) is 0 Å². The largest absolute Gasteiger partial charge is 0.623 e. The molecule has 2 rings (SSSR count). The first-order chi connectivity index (χ1) is 11.6. The minimum atomic E-state index is -1.17. The second kappa shape index (κ2) is 7.14. The molecule has 1 aromatic carbocycles. The van der Waals surface area contributed by atoms with E-state index in [0.29, 0.717) is 16.7 Å². The van der Waals surface area contributed by atoms with Crippen LogP contribution in [0.2, 0.25) is 0 Å². The van der Waals surface area contributed by atoms with Crippen molar-refractivity contribution in [1.82, 2.24) is 10.5 Å². The van der Waals surface area contributed by atoms with Crippen LogP contribution in [0.4, 0.5) is 0 Å². The number of carbonyl (C=O) groups excluding carboxylic acids is 1. The lowest BCUT2D eigenvalue weighted by atomic mass is 10.1. The number of aliphatic carboxylic acids is 1. The number of hydroxylamine groups is 1. The van der Waals surface area contributed by atoms with Gasteiger partial charge in [-0.05, 0) is 18.2 Å². The third-order valence-corrected chi connectivity index (χ3v) is 3.81. The smallest absolute Gasteiger partial charge is 0.327 e. The fourth-order valence-corrected chi connectivity index (χ4v) is 2.17. The van der Waals surface area contributed by atoms with Crippen molar-refractivity contribution in [3.8, 4) is 0 Å². The lowest BCUT2D eigenvalue weighted by Crippen LogP contribution is -2.42. The Morgan fingerprint density at radius 2 is 2.16 bits per heavy atom. The van der Waals surface area contributed by atoms with Gasteiger partial charge in [0.15, 0.2) is 16.8 Å². The highest BCUT2D eigenvalue weighted by molar-refractivity contribution is 7.80. The monoisotopic (exact) mass is 365 g/mol. The summed E-state index contributed by atoms with van der Waals surface area (Å²) in [7, 11) is 0. The van der Waals surface area contributed by atoms with Crippen molar-refractivity contribution in [2.24, 2.45) is 0 Å². The van der Waals surface area contributed by atoms with Crippen molar-refractivity contribution in [2.75, 3.05) is 5.75 Å². The van der Waals surface area contributed by atoms with Crippen LogP contribution in [0.5, 0.6) is 0 Å². The van der Waals surface area contributed by atoms with Crippen molar-refractivity contribution in [3.05, 3.63) is 34.7 Å². The Labute approximate surface area is 149 Å². The predicted octanol–water partition coefficient (Wildman–Crippen LogP) is 1.67. The molecule has 134 valence electrons. The number of benzene rings is 1. The predicted molar refractivity (Wildman–Crippen MR) is 95.3 cm³/mol. The van der Waals surface area contributed by atoms with E-state index in [9.17, 15) is 14.8 Å². The fourth-order valence-electron chi connectivity index (χ4n) is 1.92. The maximum atomic E-state index is 12.1. The van der Waals surface area contributed by atoms with Crippen LogP contribution in [-0.2, 0) is 4.79 Å². The normalized spacial score (nSPS) is 13.7. The van der Waals surface area contributed by atoms with Crippen LogP contribution in [-0.4, -0.2) is 50.4 Å². The molecule has 0 radical (unpaired) electrons. The molecule has 0 aliphatic rings. The first-order valence-corrected chi connectivity index (χ1v) is 8.12. The van der Waals surface area contributed by atoms with Crippen LogP contribution in [0, 0.1) is 5.21 Å². The third-order valence-electron chi connectivity index (χ3n) is 3.45. The third kappa shape index (κ3) is 4.30. The van der Waals surface area contributed by atoms with Crippen LogP contribution in [0.3, 0.4) is 0 Å². The summed E-state index contributed by atoms with van der Waals surface area (Å²) in [5.74, 6) is -1.76. The van der Waals surface area contributed by atoms with Crippen molar-refractivity contribution < 1.29 is 24.0 Å². The Morgan fingerprint density at radius 1 is 1.48 bits per heavy atom. The SMILES string of the molecule is CC(C)(C)/[N+]([O-])=C\c1noc2cc(C(=O)NC(CS)C(=O)O)ccc12. The van der Waals surface area contributed by atoms with Crippen molar-refractivity contribution in [3.63, 3.8) is 0 Å². The van der Waals surface area contributed by atoms with Gasteiger partial charge in [0.25, 0.3) is 5.91 Å². The molecular formula is C16H19N3O5S. The Bertz CT molecular complexity index is 838. The number of carboxylic acids is 1. The number of carbonyl (C=O) groups is 2. The minimum Gasteiger partial charge on any atom is -0.623 e. The first-order valence-electron chi connectivity index (χ1n) is 7.49. The van der Waals surface area contributed by atoms with Gasteiger partial charge in [-0.1, -0.05) is 5.16 Å². The second-order valence-corrected chi connectivity index (χ2v) is 6.82. The number of carboxylic acid groups (broad SMARTS) is 1. The molecular weight excluding hydrogens is 346 g/mol. The van der Waals surface area contributed by atoms with Crippen LogP contribution < -0.4 is 5.32 Å². The number of hydrogen-bond acceptors (Lipinski definition) is 6. The molecule has 2 N–H and O–H groups in total. The highest BCUT2D eigenvalue weighted by atomic mass is 32.1. The summed E-state index contributed by atoms with van der Waals surface area (Å²) in [4.78, 5) is 23.1. The summed E-state index contributed by atoms with van der Waals surface area (Å²) in [6, 6.07) is 3.46. The van der Waals surface area contributed by atoms with E-state index in [1.165, 1.54) is 18.3 Å². The Hall–Kier alpha value is -2.55. The summed E-state index contributed by atoms with van der Waals surface area (Å²) < 4.78 is 5.95. The highest BCUT2D eigenvalue weighted by Crippen LogP contribution is 2.19. The summed E-state index contributed by atoms with van der Waals surface area (Å²) in [5.41, 5.74) is 0.270. The summed E-state index contributed by atoms with van der Waals surface area (Å²) in [6.07, 6.45) is 1.33. The van der Waals surface area contributed by atoms with Gasteiger partial charge < -0.3 is 20.2 Å². The number of rotatable bonds is 5. The molecule has 1 aromatic heterocycles. The molecule has 0 aliphatic carbocycles. The van der Waals surface area contributed by atoms with E-state index in [0.717, 1.165) is 4.74 Å². The Kier molecular flexibility index (Phi) is 5.36. The van der Waals surface area contributed by atoms with Crippen LogP contribution >= 0.6 is 12.6 Å². The fraction of sp³-hybridized carbons (Fsp3) is 0.375. The molecule has 0 saturated carbocycles. The second-order valence-electron chi connectivity index (χ2n) is 6.45.